The van der Waals surface area contributed by atoms with Gasteiger partial charge >= 0.3 is 0 Å². The van der Waals surface area contributed by atoms with Crippen LogP contribution in [0.4, 0.5) is 0 Å². The van der Waals surface area contributed by atoms with Crippen LogP contribution in [0, 0.1) is 0 Å². The topological polar surface area (TPSA) is 72.4 Å². The minimum atomic E-state index is -0.144. The molecule has 0 N–H and O–H groups in total. The van der Waals surface area contributed by atoms with E-state index in [4.69, 9.17) is 9.05 Å². The minimum Gasteiger partial charge on any atom is -0.359 e. The molecule has 1 aromatic carbocycles. The number of halogens is 1. The molecule has 0 radical (unpaired) electrons. The maximum atomic E-state index is 12.9. The molecule has 0 bridgehead atoms. The number of hydrogen-bond donors (Lipinski definition) is 0. The first-order chi connectivity index (χ1) is 12.7. The molecule has 1 amide bonds. The first-order valence-corrected chi connectivity index (χ1v) is 9.44. The van der Waals surface area contributed by atoms with Crippen molar-refractivity contribution in [2.45, 2.75) is 32.2 Å². The van der Waals surface area contributed by atoms with Crippen LogP contribution < -0.4 is 0 Å². The molecule has 1 fully saturated rings. The van der Waals surface area contributed by atoms with Crippen LogP contribution in [-0.4, -0.2) is 27.7 Å². The number of amides is 1. The first kappa shape index (κ1) is 17.0. The lowest BCUT2D eigenvalue weighted by molar-refractivity contribution is 0.0704. The lowest BCUT2D eigenvalue weighted by Crippen LogP contribution is -2.30. The molecule has 2 aromatic heterocycles. The molecule has 6 nitrogen and oxygen atoms in total. The molecule has 134 valence electrons. The largest absolute Gasteiger partial charge is 0.359 e. The Hall–Kier alpha value is -2.41. The molecule has 26 heavy (non-hydrogen) atoms. The van der Waals surface area contributed by atoms with Gasteiger partial charge in [-0.1, -0.05) is 45.3 Å². The molecule has 1 saturated heterocycles. The smallest absolute Gasteiger partial charge is 0.276 e. The van der Waals surface area contributed by atoms with Gasteiger partial charge in [0.2, 0.25) is 0 Å². The van der Waals surface area contributed by atoms with Crippen molar-refractivity contribution < 1.29 is 13.8 Å². The van der Waals surface area contributed by atoms with E-state index in [1.807, 2.05) is 37.3 Å². The van der Waals surface area contributed by atoms with Gasteiger partial charge in [-0.15, -0.1) is 0 Å². The van der Waals surface area contributed by atoms with Crippen LogP contribution in [0.1, 0.15) is 47.7 Å². The van der Waals surface area contributed by atoms with Gasteiger partial charge in [0.25, 0.3) is 5.91 Å². The van der Waals surface area contributed by atoms with Gasteiger partial charge in [-0.05, 0) is 31.4 Å². The molecule has 0 unspecified atom stereocenters. The van der Waals surface area contributed by atoms with Crippen molar-refractivity contribution in [3.63, 3.8) is 0 Å². The van der Waals surface area contributed by atoms with E-state index in [-0.39, 0.29) is 11.9 Å². The van der Waals surface area contributed by atoms with Crippen LogP contribution in [0.25, 0.3) is 11.3 Å². The van der Waals surface area contributed by atoms with E-state index in [0.29, 0.717) is 18.0 Å². The normalized spacial score (nSPS) is 17.0. The Morgan fingerprint density at radius 2 is 2.04 bits per heavy atom. The fourth-order valence-corrected chi connectivity index (χ4v) is 3.50. The Bertz CT molecular complexity index is 916. The van der Waals surface area contributed by atoms with Crippen molar-refractivity contribution in [3.8, 4) is 11.3 Å². The predicted molar refractivity (Wildman–Crippen MR) is 98.5 cm³/mol. The van der Waals surface area contributed by atoms with E-state index in [2.05, 4.69) is 26.2 Å². The third-order valence-corrected chi connectivity index (χ3v) is 5.17. The summed E-state index contributed by atoms with van der Waals surface area (Å²) in [5.41, 5.74) is 2.09. The Balaban J connectivity index is 1.56. The number of carbonyl (C=O) groups excluding carboxylic acids is 1. The lowest BCUT2D eigenvalue weighted by atomic mass is 10.1. The molecular formula is C19H18BrN3O3. The average molecular weight is 416 g/mol. The fourth-order valence-electron chi connectivity index (χ4n) is 3.23. The summed E-state index contributed by atoms with van der Waals surface area (Å²) >= 11 is 3.41. The monoisotopic (exact) mass is 415 g/mol. The second kappa shape index (κ2) is 7.07. The highest BCUT2D eigenvalue weighted by molar-refractivity contribution is 9.10. The quantitative estimate of drug-likeness (QED) is 0.620. The van der Waals surface area contributed by atoms with Crippen LogP contribution in [0.3, 0.4) is 0 Å². The minimum absolute atomic E-state index is 0.0943. The zero-order chi connectivity index (χ0) is 18.1. The molecular weight excluding hydrogens is 398 g/mol. The van der Waals surface area contributed by atoms with Gasteiger partial charge in [-0.3, -0.25) is 4.79 Å². The zero-order valence-electron chi connectivity index (χ0n) is 14.3. The van der Waals surface area contributed by atoms with Gasteiger partial charge in [-0.25, -0.2) is 0 Å². The molecule has 0 saturated carbocycles. The van der Waals surface area contributed by atoms with Gasteiger partial charge in [-0.2, -0.15) is 0 Å². The van der Waals surface area contributed by atoms with Gasteiger partial charge in [0, 0.05) is 28.7 Å². The van der Waals surface area contributed by atoms with Crippen molar-refractivity contribution in [2.75, 3.05) is 6.54 Å². The second-order valence-electron chi connectivity index (χ2n) is 6.31. The Kier molecular flexibility index (Phi) is 4.63. The summed E-state index contributed by atoms with van der Waals surface area (Å²) < 4.78 is 11.8. The van der Waals surface area contributed by atoms with Crippen molar-refractivity contribution in [2.24, 2.45) is 0 Å². The number of benzene rings is 1. The van der Waals surface area contributed by atoms with Crippen LogP contribution in [0.2, 0.25) is 0 Å². The Morgan fingerprint density at radius 3 is 2.77 bits per heavy atom. The number of hydrogen-bond acceptors (Lipinski definition) is 5. The van der Waals surface area contributed by atoms with Crippen LogP contribution in [0.15, 0.2) is 49.9 Å². The molecule has 0 aliphatic carbocycles. The molecule has 7 heteroatoms. The zero-order valence-corrected chi connectivity index (χ0v) is 15.9. The van der Waals surface area contributed by atoms with Gasteiger partial charge < -0.3 is 13.9 Å². The third kappa shape index (κ3) is 3.19. The van der Waals surface area contributed by atoms with E-state index in [0.717, 1.165) is 40.8 Å². The highest BCUT2D eigenvalue weighted by Crippen LogP contribution is 2.34. The molecule has 3 heterocycles. The van der Waals surface area contributed by atoms with Crippen LogP contribution >= 0.6 is 15.9 Å². The summed E-state index contributed by atoms with van der Waals surface area (Å²) in [4.78, 5) is 14.7. The van der Waals surface area contributed by atoms with Gasteiger partial charge in [0.1, 0.15) is 0 Å². The molecule has 1 aliphatic heterocycles. The number of likely N-dealkylation sites (tertiary alicyclic amines) is 1. The van der Waals surface area contributed by atoms with E-state index in [1.54, 1.807) is 11.0 Å². The van der Waals surface area contributed by atoms with Crippen molar-refractivity contribution in [3.05, 3.63) is 58.0 Å². The Labute approximate surface area is 159 Å². The van der Waals surface area contributed by atoms with Crippen LogP contribution in [0.5, 0.6) is 0 Å². The molecule has 3 aromatic rings. The molecule has 1 atom stereocenters. The van der Waals surface area contributed by atoms with E-state index < -0.39 is 0 Å². The van der Waals surface area contributed by atoms with E-state index in [1.165, 1.54) is 0 Å². The molecule has 4 rings (SSSR count). The highest BCUT2D eigenvalue weighted by Gasteiger charge is 2.34. The highest BCUT2D eigenvalue weighted by atomic mass is 79.9. The fraction of sp³-hybridized carbons (Fsp3) is 0.316. The molecule has 1 aliphatic rings. The number of nitrogens with zero attached hydrogens (tertiary/aromatic N) is 3. The number of aryl methyl sites for hydroxylation is 1. The average Bonchev–Trinajstić information content (AvgIpc) is 3.40. The summed E-state index contributed by atoms with van der Waals surface area (Å²) in [5, 5.41) is 8.03. The second-order valence-corrected chi connectivity index (χ2v) is 7.23. The summed E-state index contributed by atoms with van der Waals surface area (Å²) in [7, 11) is 0. The lowest BCUT2D eigenvalue weighted by Gasteiger charge is -2.21. The number of rotatable bonds is 4. The number of carbonyl (C=O) groups is 1. The van der Waals surface area contributed by atoms with Crippen molar-refractivity contribution in [1.29, 1.82) is 0 Å². The van der Waals surface area contributed by atoms with E-state index in [9.17, 15) is 4.79 Å². The Morgan fingerprint density at radius 1 is 1.23 bits per heavy atom. The standard InChI is InChI=1S/C19H18BrN3O3/c1-2-14-10-18(26-21-14)16-4-3-9-23(16)19(24)15-11-17(25-22-15)12-5-7-13(20)8-6-12/h5-8,10-11,16H,2-4,9H2,1H3/t16-/m0/s1. The first-order valence-electron chi connectivity index (χ1n) is 8.65. The van der Waals surface area contributed by atoms with Crippen LogP contribution in [-0.2, 0) is 6.42 Å². The predicted octanol–water partition coefficient (Wildman–Crippen LogP) is 4.63. The third-order valence-electron chi connectivity index (χ3n) is 4.64. The number of aromatic nitrogens is 2. The maximum Gasteiger partial charge on any atom is 0.276 e. The SMILES string of the molecule is CCc1cc([C@@H]2CCCN2C(=O)c2cc(-c3ccc(Br)cc3)on2)on1. The molecule has 0 spiro atoms. The van der Waals surface area contributed by atoms with E-state index >= 15 is 0 Å². The summed E-state index contributed by atoms with van der Waals surface area (Å²) in [6.45, 7) is 2.70. The maximum absolute atomic E-state index is 12.9. The summed E-state index contributed by atoms with van der Waals surface area (Å²) in [5.74, 6) is 1.17. The van der Waals surface area contributed by atoms with Gasteiger partial charge in [0.15, 0.2) is 17.2 Å². The summed E-state index contributed by atoms with van der Waals surface area (Å²) in [6.07, 6.45) is 2.60. The summed E-state index contributed by atoms with van der Waals surface area (Å²) in [6, 6.07) is 11.2. The van der Waals surface area contributed by atoms with Crippen molar-refractivity contribution in [1.82, 2.24) is 15.2 Å². The van der Waals surface area contributed by atoms with Crippen molar-refractivity contribution >= 4 is 21.8 Å². The van der Waals surface area contributed by atoms with Gasteiger partial charge in [0.05, 0.1) is 11.7 Å².